The van der Waals surface area contributed by atoms with Crippen LogP contribution in [0.5, 0.6) is 5.75 Å². The second-order valence-corrected chi connectivity index (χ2v) is 3.66. The Morgan fingerprint density at radius 3 is 2.56 bits per heavy atom. The average molecular weight is 248 g/mol. The number of halogens is 2. The summed E-state index contributed by atoms with van der Waals surface area (Å²) in [5.74, 6) is -2.27. The minimum Gasteiger partial charge on any atom is -0.497 e. The first-order valence-electron chi connectivity index (χ1n) is 5.26. The van der Waals surface area contributed by atoms with Crippen LogP contribution >= 0.6 is 0 Å². The number of carbonyl (C=O) groups is 1. The Balaban J connectivity index is 2.44. The van der Waals surface area contributed by atoms with Gasteiger partial charge in [-0.05, 0) is 24.3 Å². The van der Waals surface area contributed by atoms with Crippen molar-refractivity contribution in [3.8, 4) is 5.75 Å². The van der Waals surface area contributed by atoms with Gasteiger partial charge in [-0.1, -0.05) is 18.2 Å². The van der Waals surface area contributed by atoms with Crippen LogP contribution < -0.4 is 4.74 Å². The highest BCUT2D eigenvalue weighted by molar-refractivity contribution is 6.09. The van der Waals surface area contributed by atoms with Crippen molar-refractivity contribution >= 4 is 5.78 Å². The summed E-state index contributed by atoms with van der Waals surface area (Å²) < 4.78 is 31.5. The third-order valence-corrected chi connectivity index (χ3v) is 2.53. The molecule has 18 heavy (non-hydrogen) atoms. The van der Waals surface area contributed by atoms with Gasteiger partial charge in [-0.2, -0.15) is 0 Å². The monoisotopic (exact) mass is 248 g/mol. The maximum absolute atomic E-state index is 13.5. The standard InChI is InChI=1S/C14H10F2O2/c1-18-10-5-2-4-9(8-10)14(17)11-6-3-7-12(15)13(11)16/h2-8H,1H3. The molecule has 0 aromatic heterocycles. The molecule has 2 rings (SSSR count). The quantitative estimate of drug-likeness (QED) is 0.780. The molecule has 0 aliphatic carbocycles. The fraction of sp³-hybridized carbons (Fsp3) is 0.0714. The van der Waals surface area contributed by atoms with Gasteiger partial charge < -0.3 is 4.74 Å². The zero-order valence-electron chi connectivity index (χ0n) is 9.61. The number of ether oxygens (including phenoxy) is 1. The van der Waals surface area contributed by atoms with Gasteiger partial charge in [0.1, 0.15) is 5.75 Å². The zero-order valence-corrected chi connectivity index (χ0v) is 9.61. The normalized spacial score (nSPS) is 10.2. The molecule has 0 aliphatic rings. The highest BCUT2D eigenvalue weighted by Gasteiger charge is 2.16. The highest BCUT2D eigenvalue weighted by atomic mass is 19.2. The molecule has 0 fully saturated rings. The second kappa shape index (κ2) is 4.96. The van der Waals surface area contributed by atoms with Crippen molar-refractivity contribution in [2.75, 3.05) is 7.11 Å². The Bertz CT molecular complexity index is 594. The molecule has 4 heteroatoms. The molecule has 0 radical (unpaired) electrons. The van der Waals surface area contributed by atoms with Gasteiger partial charge in [0.05, 0.1) is 12.7 Å². The van der Waals surface area contributed by atoms with E-state index in [4.69, 9.17) is 4.74 Å². The van der Waals surface area contributed by atoms with Crippen LogP contribution in [-0.2, 0) is 0 Å². The summed E-state index contributed by atoms with van der Waals surface area (Å²) in [6.45, 7) is 0. The predicted molar refractivity (Wildman–Crippen MR) is 62.8 cm³/mol. The molecule has 2 aromatic rings. The van der Waals surface area contributed by atoms with E-state index in [1.807, 2.05) is 0 Å². The van der Waals surface area contributed by atoms with E-state index in [2.05, 4.69) is 0 Å². The van der Waals surface area contributed by atoms with Crippen LogP contribution in [0.3, 0.4) is 0 Å². The summed E-state index contributed by atoms with van der Waals surface area (Å²) in [4.78, 5) is 12.0. The number of ketones is 1. The molecule has 0 saturated heterocycles. The van der Waals surface area contributed by atoms with Crippen molar-refractivity contribution in [3.05, 3.63) is 65.2 Å². The molecular weight excluding hydrogens is 238 g/mol. The van der Waals surface area contributed by atoms with E-state index in [0.717, 1.165) is 6.07 Å². The van der Waals surface area contributed by atoms with Gasteiger partial charge in [0.15, 0.2) is 17.4 Å². The number of hydrogen-bond acceptors (Lipinski definition) is 2. The van der Waals surface area contributed by atoms with E-state index in [1.165, 1.54) is 31.4 Å². The first-order chi connectivity index (χ1) is 8.63. The second-order valence-electron chi connectivity index (χ2n) is 3.66. The van der Waals surface area contributed by atoms with Gasteiger partial charge in [0.2, 0.25) is 0 Å². The molecule has 2 nitrogen and oxygen atoms in total. The lowest BCUT2D eigenvalue weighted by Gasteiger charge is -2.05. The van der Waals surface area contributed by atoms with Crippen LogP contribution in [-0.4, -0.2) is 12.9 Å². The largest absolute Gasteiger partial charge is 0.497 e. The Kier molecular flexibility index (Phi) is 3.37. The smallest absolute Gasteiger partial charge is 0.196 e. The molecule has 0 spiro atoms. The lowest BCUT2D eigenvalue weighted by Crippen LogP contribution is -2.05. The van der Waals surface area contributed by atoms with Crippen molar-refractivity contribution in [3.63, 3.8) is 0 Å². The van der Waals surface area contributed by atoms with E-state index in [1.54, 1.807) is 12.1 Å². The number of methoxy groups -OCH3 is 1. The molecule has 0 bridgehead atoms. The maximum atomic E-state index is 13.5. The molecule has 0 unspecified atom stereocenters. The fourth-order valence-electron chi connectivity index (χ4n) is 1.60. The van der Waals surface area contributed by atoms with Crippen LogP contribution in [0.25, 0.3) is 0 Å². The molecule has 0 amide bonds. The van der Waals surface area contributed by atoms with Gasteiger partial charge in [0, 0.05) is 5.56 Å². The topological polar surface area (TPSA) is 26.3 Å². The minimum absolute atomic E-state index is 0.249. The first kappa shape index (κ1) is 12.2. The maximum Gasteiger partial charge on any atom is 0.196 e. The van der Waals surface area contributed by atoms with Crippen molar-refractivity contribution in [1.82, 2.24) is 0 Å². The number of rotatable bonds is 3. The molecule has 0 atom stereocenters. The highest BCUT2D eigenvalue weighted by Crippen LogP contribution is 2.19. The molecule has 0 N–H and O–H groups in total. The van der Waals surface area contributed by atoms with Crippen LogP contribution in [0.2, 0.25) is 0 Å². The Labute approximate surface area is 103 Å². The van der Waals surface area contributed by atoms with Crippen molar-refractivity contribution < 1.29 is 18.3 Å². The number of benzene rings is 2. The summed E-state index contributed by atoms with van der Waals surface area (Å²) >= 11 is 0. The van der Waals surface area contributed by atoms with E-state index in [-0.39, 0.29) is 11.1 Å². The Morgan fingerprint density at radius 2 is 1.83 bits per heavy atom. The molecule has 0 aliphatic heterocycles. The SMILES string of the molecule is COc1cccc(C(=O)c2cccc(F)c2F)c1. The van der Waals surface area contributed by atoms with Crippen LogP contribution in [0, 0.1) is 11.6 Å². The summed E-state index contributed by atoms with van der Waals surface area (Å²) in [5, 5.41) is 0. The lowest BCUT2D eigenvalue weighted by molar-refractivity contribution is 0.103. The summed E-state index contributed by atoms with van der Waals surface area (Å²) in [6, 6.07) is 9.80. The van der Waals surface area contributed by atoms with Crippen molar-refractivity contribution in [2.45, 2.75) is 0 Å². The van der Waals surface area contributed by atoms with Crippen LogP contribution in [0.4, 0.5) is 8.78 Å². The van der Waals surface area contributed by atoms with Gasteiger partial charge in [-0.3, -0.25) is 4.79 Å². The Morgan fingerprint density at radius 1 is 1.11 bits per heavy atom. The van der Waals surface area contributed by atoms with Crippen molar-refractivity contribution in [1.29, 1.82) is 0 Å². The summed E-state index contributed by atoms with van der Waals surface area (Å²) in [5.41, 5.74) is -0.0397. The van der Waals surface area contributed by atoms with E-state index >= 15 is 0 Å². The van der Waals surface area contributed by atoms with Crippen LogP contribution in [0.15, 0.2) is 42.5 Å². The van der Waals surface area contributed by atoms with Crippen molar-refractivity contribution in [2.24, 2.45) is 0 Å². The third-order valence-electron chi connectivity index (χ3n) is 2.53. The lowest BCUT2D eigenvalue weighted by atomic mass is 10.0. The Hall–Kier alpha value is -2.23. The molecule has 2 aromatic carbocycles. The summed E-state index contributed by atoms with van der Waals surface area (Å²) in [7, 11) is 1.46. The third kappa shape index (κ3) is 2.22. The molecular formula is C14H10F2O2. The molecule has 0 saturated carbocycles. The van der Waals surface area contributed by atoms with Crippen LogP contribution in [0.1, 0.15) is 15.9 Å². The van der Waals surface area contributed by atoms with E-state index < -0.39 is 17.4 Å². The average Bonchev–Trinajstić information content (AvgIpc) is 2.41. The summed E-state index contributed by atoms with van der Waals surface area (Å²) in [6.07, 6.45) is 0. The van der Waals surface area contributed by atoms with Gasteiger partial charge in [0.25, 0.3) is 0 Å². The van der Waals surface area contributed by atoms with E-state index in [0.29, 0.717) is 5.75 Å². The number of hydrogen-bond donors (Lipinski definition) is 0. The van der Waals surface area contributed by atoms with Gasteiger partial charge in [-0.25, -0.2) is 8.78 Å². The first-order valence-corrected chi connectivity index (χ1v) is 5.26. The van der Waals surface area contributed by atoms with Gasteiger partial charge in [-0.15, -0.1) is 0 Å². The van der Waals surface area contributed by atoms with Gasteiger partial charge >= 0.3 is 0 Å². The van der Waals surface area contributed by atoms with E-state index in [9.17, 15) is 13.6 Å². The molecule has 0 heterocycles. The fourth-order valence-corrected chi connectivity index (χ4v) is 1.60. The minimum atomic E-state index is -1.13. The zero-order chi connectivity index (χ0) is 13.1. The number of carbonyl (C=O) groups excluding carboxylic acids is 1. The predicted octanol–water partition coefficient (Wildman–Crippen LogP) is 3.20. The molecule has 92 valence electrons.